The zero-order valence-electron chi connectivity index (χ0n) is 14.4. The molecule has 2 rings (SSSR count). The number of nitrogens with zero attached hydrogens (tertiary/aromatic N) is 2. The molecule has 0 saturated heterocycles. The molecule has 0 unspecified atom stereocenters. The minimum Gasteiger partial charge on any atom is -0.493 e. The van der Waals surface area contributed by atoms with Crippen LogP contribution in [0.15, 0.2) is 30.3 Å². The van der Waals surface area contributed by atoms with Crippen molar-refractivity contribution in [1.82, 2.24) is 10.2 Å². The van der Waals surface area contributed by atoms with Gasteiger partial charge in [0.1, 0.15) is 5.82 Å². The summed E-state index contributed by atoms with van der Waals surface area (Å²) in [5.41, 5.74) is 0.979. The summed E-state index contributed by atoms with van der Waals surface area (Å²) in [6, 6.07) is 8.84. The number of hydrogen-bond acceptors (Lipinski definition) is 7. The molecule has 0 aliphatic rings. The quantitative estimate of drug-likeness (QED) is 0.702. The van der Waals surface area contributed by atoms with Crippen molar-refractivity contribution < 1.29 is 17.9 Å². The number of hydrogen-bond donors (Lipinski definition) is 2. The summed E-state index contributed by atoms with van der Waals surface area (Å²) >= 11 is 0. The molecule has 1 aromatic heterocycles. The summed E-state index contributed by atoms with van der Waals surface area (Å²) < 4.78 is 36.2. The highest BCUT2D eigenvalue weighted by Gasteiger charge is 2.10. The van der Waals surface area contributed by atoms with Gasteiger partial charge in [0.25, 0.3) is 0 Å². The van der Waals surface area contributed by atoms with E-state index in [0.29, 0.717) is 30.3 Å². The Morgan fingerprint density at radius 1 is 1.00 bits per heavy atom. The lowest BCUT2D eigenvalue weighted by atomic mass is 10.2. The van der Waals surface area contributed by atoms with E-state index in [1.165, 1.54) is 0 Å². The Labute approximate surface area is 147 Å². The predicted octanol–water partition coefficient (Wildman–Crippen LogP) is 2.26. The second-order valence-corrected chi connectivity index (χ2v) is 7.11. The normalized spacial score (nSPS) is 11.0. The molecule has 9 heteroatoms. The van der Waals surface area contributed by atoms with Crippen molar-refractivity contribution in [3.8, 4) is 11.5 Å². The Morgan fingerprint density at radius 3 is 2.28 bits per heavy atom. The van der Waals surface area contributed by atoms with Crippen LogP contribution in [0.2, 0.25) is 0 Å². The maximum Gasteiger partial charge on any atom is 0.233 e. The lowest BCUT2D eigenvalue weighted by Crippen LogP contribution is -2.17. The average Bonchev–Trinajstić information content (AvgIpc) is 2.60. The smallest absolute Gasteiger partial charge is 0.233 e. The Hall–Kier alpha value is -2.55. The fraction of sp³-hybridized carbons (Fsp3) is 0.375. The van der Waals surface area contributed by atoms with E-state index in [9.17, 15) is 8.42 Å². The van der Waals surface area contributed by atoms with E-state index in [4.69, 9.17) is 9.47 Å². The molecule has 1 aromatic carbocycles. The fourth-order valence-electron chi connectivity index (χ4n) is 2.14. The molecular weight excluding hydrogens is 344 g/mol. The topological polar surface area (TPSA) is 102 Å². The summed E-state index contributed by atoms with van der Waals surface area (Å²) in [5, 5.41) is 11.0. The maximum atomic E-state index is 11.7. The van der Waals surface area contributed by atoms with E-state index < -0.39 is 10.0 Å². The van der Waals surface area contributed by atoms with E-state index in [-0.39, 0.29) is 11.6 Å². The fourth-order valence-corrected chi connectivity index (χ4v) is 3.21. The third-order valence-electron chi connectivity index (χ3n) is 3.32. The van der Waals surface area contributed by atoms with E-state index in [2.05, 4.69) is 20.2 Å². The van der Waals surface area contributed by atoms with Crippen LogP contribution in [0.4, 0.5) is 11.6 Å². The number of sulfonamides is 1. The molecule has 0 radical (unpaired) electrons. The van der Waals surface area contributed by atoms with Crippen molar-refractivity contribution in [3.63, 3.8) is 0 Å². The maximum absolute atomic E-state index is 11.7. The standard InChI is InChI=1S/C16H22N4O4S/c1-4-9-25(21,22)20-16-8-7-15(18-19-16)17-11-12-5-6-13(23-2)14(10-12)24-3/h5-8,10H,4,9,11H2,1-3H3,(H,17,18)(H,19,20). The summed E-state index contributed by atoms with van der Waals surface area (Å²) in [4.78, 5) is 0. The molecule has 8 nitrogen and oxygen atoms in total. The number of methoxy groups -OCH3 is 2. The van der Waals surface area contributed by atoms with Gasteiger partial charge in [0.05, 0.1) is 20.0 Å². The van der Waals surface area contributed by atoms with Gasteiger partial charge in [-0.25, -0.2) is 8.42 Å². The molecule has 0 aliphatic heterocycles. The highest BCUT2D eigenvalue weighted by atomic mass is 32.2. The van der Waals surface area contributed by atoms with Crippen LogP contribution in [-0.4, -0.2) is 38.6 Å². The van der Waals surface area contributed by atoms with Crippen LogP contribution in [0, 0.1) is 0 Å². The van der Waals surface area contributed by atoms with Gasteiger partial charge in [0, 0.05) is 6.54 Å². The molecule has 0 amide bonds. The SMILES string of the molecule is CCCS(=O)(=O)Nc1ccc(NCc2ccc(OC)c(OC)c2)nn1. The van der Waals surface area contributed by atoms with Gasteiger partial charge in [0.15, 0.2) is 17.3 Å². The minimum absolute atomic E-state index is 0.0496. The molecule has 0 aliphatic carbocycles. The van der Waals surface area contributed by atoms with Gasteiger partial charge in [-0.05, 0) is 36.2 Å². The van der Waals surface area contributed by atoms with Gasteiger partial charge in [-0.2, -0.15) is 0 Å². The Morgan fingerprint density at radius 2 is 1.68 bits per heavy atom. The van der Waals surface area contributed by atoms with Gasteiger partial charge in [0.2, 0.25) is 10.0 Å². The molecule has 1 heterocycles. The van der Waals surface area contributed by atoms with Gasteiger partial charge >= 0.3 is 0 Å². The van der Waals surface area contributed by atoms with Crippen molar-refractivity contribution in [2.45, 2.75) is 19.9 Å². The first-order valence-electron chi connectivity index (χ1n) is 7.76. The second-order valence-electron chi connectivity index (χ2n) is 5.27. The summed E-state index contributed by atoms with van der Waals surface area (Å²) in [6.45, 7) is 2.31. The van der Waals surface area contributed by atoms with Gasteiger partial charge in [-0.3, -0.25) is 4.72 Å². The Balaban J connectivity index is 1.98. The Kier molecular flexibility index (Phi) is 6.40. The van der Waals surface area contributed by atoms with Crippen molar-refractivity contribution in [3.05, 3.63) is 35.9 Å². The lowest BCUT2D eigenvalue weighted by molar-refractivity contribution is 0.354. The van der Waals surface area contributed by atoms with E-state index in [1.54, 1.807) is 33.3 Å². The third-order valence-corrected chi connectivity index (χ3v) is 4.78. The van der Waals surface area contributed by atoms with Crippen LogP contribution in [0.3, 0.4) is 0 Å². The Bertz CT molecular complexity index is 794. The molecule has 136 valence electrons. The van der Waals surface area contributed by atoms with E-state index in [1.807, 2.05) is 18.2 Å². The van der Waals surface area contributed by atoms with Gasteiger partial charge in [-0.1, -0.05) is 13.0 Å². The molecule has 0 saturated carbocycles. The zero-order valence-corrected chi connectivity index (χ0v) is 15.3. The highest BCUT2D eigenvalue weighted by Crippen LogP contribution is 2.27. The van der Waals surface area contributed by atoms with E-state index in [0.717, 1.165) is 5.56 Å². The van der Waals surface area contributed by atoms with Crippen molar-refractivity contribution in [2.75, 3.05) is 30.0 Å². The largest absolute Gasteiger partial charge is 0.493 e. The number of ether oxygens (including phenoxy) is 2. The molecule has 0 atom stereocenters. The monoisotopic (exact) mass is 366 g/mol. The number of nitrogens with one attached hydrogen (secondary N) is 2. The molecule has 2 aromatic rings. The molecule has 2 N–H and O–H groups in total. The first-order valence-corrected chi connectivity index (χ1v) is 9.41. The predicted molar refractivity (Wildman–Crippen MR) is 96.6 cm³/mol. The summed E-state index contributed by atoms with van der Waals surface area (Å²) in [5.74, 6) is 2.09. The van der Waals surface area contributed by atoms with Crippen LogP contribution >= 0.6 is 0 Å². The molecule has 0 spiro atoms. The number of rotatable bonds is 9. The van der Waals surface area contributed by atoms with Crippen LogP contribution in [0.25, 0.3) is 0 Å². The third kappa shape index (κ3) is 5.49. The van der Waals surface area contributed by atoms with Crippen molar-refractivity contribution >= 4 is 21.7 Å². The molecule has 0 fully saturated rings. The molecular formula is C16H22N4O4S. The van der Waals surface area contributed by atoms with Crippen LogP contribution in [0.5, 0.6) is 11.5 Å². The summed E-state index contributed by atoms with van der Waals surface area (Å²) in [6.07, 6.45) is 0.535. The highest BCUT2D eigenvalue weighted by molar-refractivity contribution is 7.92. The summed E-state index contributed by atoms with van der Waals surface area (Å²) in [7, 11) is -0.199. The van der Waals surface area contributed by atoms with Crippen molar-refractivity contribution in [1.29, 1.82) is 0 Å². The van der Waals surface area contributed by atoms with Crippen molar-refractivity contribution in [2.24, 2.45) is 0 Å². The number of aromatic nitrogens is 2. The molecule has 25 heavy (non-hydrogen) atoms. The van der Waals surface area contributed by atoms with Crippen LogP contribution in [0.1, 0.15) is 18.9 Å². The zero-order chi connectivity index (χ0) is 18.3. The average molecular weight is 366 g/mol. The lowest BCUT2D eigenvalue weighted by Gasteiger charge is -2.11. The first-order chi connectivity index (χ1) is 12.0. The van der Waals surface area contributed by atoms with Crippen LogP contribution < -0.4 is 19.5 Å². The molecule has 0 bridgehead atoms. The minimum atomic E-state index is -3.37. The number of benzene rings is 1. The number of anilines is 2. The van der Waals surface area contributed by atoms with Gasteiger partial charge in [-0.15, -0.1) is 10.2 Å². The van der Waals surface area contributed by atoms with E-state index >= 15 is 0 Å². The second kappa shape index (κ2) is 8.52. The van der Waals surface area contributed by atoms with Gasteiger partial charge < -0.3 is 14.8 Å². The van der Waals surface area contributed by atoms with Crippen LogP contribution in [-0.2, 0) is 16.6 Å². The first kappa shape index (κ1) is 18.8.